The predicted octanol–water partition coefficient (Wildman–Crippen LogP) is 2.94. The van der Waals surface area contributed by atoms with Crippen LogP contribution in [-0.4, -0.2) is 31.4 Å². The van der Waals surface area contributed by atoms with Crippen molar-refractivity contribution >= 4 is 21.4 Å². The molecular formula is C16H19FN2O3S2. The fraction of sp³-hybridized carbons (Fsp3) is 0.438. The molecule has 1 fully saturated rings. The zero-order chi connectivity index (χ0) is 17.2. The van der Waals surface area contributed by atoms with Gasteiger partial charge in [-0.2, -0.15) is 0 Å². The Hall–Kier alpha value is -1.35. The number of thiazole rings is 1. The molecule has 0 bridgehead atoms. The second-order valence-electron chi connectivity index (χ2n) is 5.80. The van der Waals surface area contributed by atoms with Gasteiger partial charge < -0.3 is 4.74 Å². The molecular weight excluding hydrogens is 351 g/mol. The molecule has 130 valence electrons. The Labute approximate surface area is 144 Å². The summed E-state index contributed by atoms with van der Waals surface area (Å²) < 4.78 is 46.6. The average Bonchev–Trinajstić information content (AvgIpc) is 3.02. The Balaban J connectivity index is 1.66. The Morgan fingerprint density at radius 2 is 2.21 bits per heavy atom. The van der Waals surface area contributed by atoms with Gasteiger partial charge >= 0.3 is 0 Å². The first-order valence-corrected chi connectivity index (χ1v) is 10.2. The highest BCUT2D eigenvalue weighted by Crippen LogP contribution is 2.25. The molecule has 8 heteroatoms. The van der Waals surface area contributed by atoms with E-state index in [0.717, 1.165) is 0 Å². The van der Waals surface area contributed by atoms with E-state index >= 15 is 0 Å². The first-order valence-electron chi connectivity index (χ1n) is 7.75. The monoisotopic (exact) mass is 370 g/mol. The van der Waals surface area contributed by atoms with Crippen molar-refractivity contribution in [2.45, 2.75) is 37.7 Å². The summed E-state index contributed by atoms with van der Waals surface area (Å²) in [4.78, 5) is 4.33. The van der Waals surface area contributed by atoms with Gasteiger partial charge in [0.15, 0.2) is 0 Å². The van der Waals surface area contributed by atoms with Gasteiger partial charge in [0.25, 0.3) is 0 Å². The first kappa shape index (κ1) is 17.5. The third-order valence-corrected chi connectivity index (χ3v) is 6.70. The number of nitrogens with one attached hydrogen (secondary N) is 1. The molecule has 0 radical (unpaired) electrons. The van der Waals surface area contributed by atoms with E-state index in [1.165, 1.54) is 17.4 Å². The lowest BCUT2D eigenvalue weighted by Gasteiger charge is -2.26. The summed E-state index contributed by atoms with van der Waals surface area (Å²) in [5, 5.41) is 1.91. The van der Waals surface area contributed by atoms with Crippen molar-refractivity contribution in [3.05, 3.63) is 40.5 Å². The number of ether oxygens (including phenoxy) is 1. The summed E-state index contributed by atoms with van der Waals surface area (Å²) >= 11 is 1.31. The third kappa shape index (κ3) is 4.00. The maximum absolute atomic E-state index is 13.8. The lowest BCUT2D eigenvalue weighted by molar-refractivity contribution is 0.0299. The average molecular weight is 370 g/mol. The number of nitrogens with zero attached hydrogens (tertiary/aromatic N) is 1. The molecule has 2 aromatic rings. The van der Waals surface area contributed by atoms with E-state index in [1.54, 1.807) is 23.6 Å². The maximum Gasteiger partial charge on any atom is 0.215 e. The van der Waals surface area contributed by atoms with Crippen LogP contribution in [0.4, 0.5) is 4.39 Å². The van der Waals surface area contributed by atoms with Crippen LogP contribution in [0.1, 0.15) is 24.8 Å². The van der Waals surface area contributed by atoms with Crippen LogP contribution in [0.3, 0.4) is 0 Å². The zero-order valence-electron chi connectivity index (χ0n) is 13.2. The SMILES string of the molecule is CC1CC(S(=O)(=O)NCc2nc(-c3ccccc3F)cs2)CCO1. The van der Waals surface area contributed by atoms with Gasteiger partial charge in [-0.25, -0.2) is 22.5 Å². The van der Waals surface area contributed by atoms with Crippen LogP contribution < -0.4 is 4.72 Å². The van der Waals surface area contributed by atoms with Crippen LogP contribution in [0.15, 0.2) is 29.6 Å². The van der Waals surface area contributed by atoms with Gasteiger partial charge in [0, 0.05) is 17.6 Å². The molecule has 2 unspecified atom stereocenters. The maximum atomic E-state index is 13.8. The van der Waals surface area contributed by atoms with Crippen LogP contribution in [0.2, 0.25) is 0 Å². The number of sulfonamides is 1. The van der Waals surface area contributed by atoms with Gasteiger partial charge in [0.05, 0.1) is 23.6 Å². The summed E-state index contributed by atoms with van der Waals surface area (Å²) in [7, 11) is -3.42. The molecule has 0 spiro atoms. The number of aromatic nitrogens is 1. The van der Waals surface area contributed by atoms with E-state index in [1.807, 2.05) is 6.92 Å². The third-order valence-electron chi connectivity index (χ3n) is 4.00. The summed E-state index contributed by atoms with van der Waals surface area (Å²) in [6.45, 7) is 2.46. The molecule has 3 rings (SSSR count). The van der Waals surface area contributed by atoms with Crippen molar-refractivity contribution < 1.29 is 17.5 Å². The summed E-state index contributed by atoms with van der Waals surface area (Å²) in [6.07, 6.45) is 0.943. The van der Waals surface area contributed by atoms with E-state index < -0.39 is 15.3 Å². The van der Waals surface area contributed by atoms with Crippen LogP contribution in [0.25, 0.3) is 11.3 Å². The van der Waals surface area contributed by atoms with Crippen molar-refractivity contribution in [1.29, 1.82) is 0 Å². The predicted molar refractivity (Wildman–Crippen MR) is 91.7 cm³/mol. The number of hydrogen-bond acceptors (Lipinski definition) is 5. The molecule has 1 aromatic heterocycles. The smallest absolute Gasteiger partial charge is 0.215 e. The highest BCUT2D eigenvalue weighted by Gasteiger charge is 2.30. The van der Waals surface area contributed by atoms with Gasteiger partial charge in [-0.1, -0.05) is 12.1 Å². The second kappa shape index (κ2) is 7.26. The normalized spacial score (nSPS) is 21.8. The fourth-order valence-corrected chi connectivity index (χ4v) is 5.03. The lowest BCUT2D eigenvalue weighted by Crippen LogP contribution is -2.39. The Bertz CT molecular complexity index is 807. The lowest BCUT2D eigenvalue weighted by atomic mass is 10.1. The fourth-order valence-electron chi connectivity index (χ4n) is 2.70. The standard InChI is InChI=1S/C16H19FN2O3S2/c1-11-8-12(6-7-22-11)24(20,21)18-9-16-19-15(10-23-16)13-4-2-3-5-14(13)17/h2-5,10-12,18H,6-9H2,1H3. The minimum Gasteiger partial charge on any atom is -0.378 e. The van der Waals surface area contributed by atoms with E-state index in [0.29, 0.717) is 35.7 Å². The van der Waals surface area contributed by atoms with Crippen molar-refractivity contribution in [1.82, 2.24) is 9.71 Å². The van der Waals surface area contributed by atoms with Crippen LogP contribution in [-0.2, 0) is 21.3 Å². The summed E-state index contributed by atoms with van der Waals surface area (Å²) in [5.74, 6) is -0.342. The largest absolute Gasteiger partial charge is 0.378 e. The molecule has 1 saturated heterocycles. The highest BCUT2D eigenvalue weighted by atomic mass is 32.2. The Morgan fingerprint density at radius 1 is 1.42 bits per heavy atom. The Morgan fingerprint density at radius 3 is 2.96 bits per heavy atom. The molecule has 0 aliphatic carbocycles. The van der Waals surface area contributed by atoms with Crippen LogP contribution in [0.5, 0.6) is 0 Å². The van der Waals surface area contributed by atoms with Crippen molar-refractivity contribution in [3.63, 3.8) is 0 Å². The van der Waals surface area contributed by atoms with E-state index in [2.05, 4.69) is 9.71 Å². The first-order chi connectivity index (χ1) is 11.5. The molecule has 2 atom stereocenters. The molecule has 2 heterocycles. The zero-order valence-corrected chi connectivity index (χ0v) is 14.9. The van der Waals surface area contributed by atoms with Crippen molar-refractivity contribution in [3.8, 4) is 11.3 Å². The quantitative estimate of drug-likeness (QED) is 0.879. The van der Waals surface area contributed by atoms with Gasteiger partial charge in [0.1, 0.15) is 10.8 Å². The van der Waals surface area contributed by atoms with Gasteiger partial charge in [-0.15, -0.1) is 11.3 Å². The number of benzene rings is 1. The molecule has 1 aromatic carbocycles. The second-order valence-corrected chi connectivity index (χ2v) is 8.79. The number of hydrogen-bond donors (Lipinski definition) is 1. The number of rotatable bonds is 5. The summed E-state index contributed by atoms with van der Waals surface area (Å²) in [6, 6.07) is 6.40. The molecule has 0 amide bonds. The Kier molecular flexibility index (Phi) is 5.29. The van der Waals surface area contributed by atoms with Crippen molar-refractivity contribution in [2.75, 3.05) is 6.61 Å². The molecule has 1 aliphatic rings. The van der Waals surface area contributed by atoms with E-state index in [-0.39, 0.29) is 18.5 Å². The molecule has 0 saturated carbocycles. The van der Waals surface area contributed by atoms with Gasteiger partial charge in [-0.05, 0) is 31.9 Å². The van der Waals surface area contributed by atoms with E-state index in [9.17, 15) is 12.8 Å². The topological polar surface area (TPSA) is 68.3 Å². The van der Waals surface area contributed by atoms with Gasteiger partial charge in [0.2, 0.25) is 10.0 Å². The van der Waals surface area contributed by atoms with Crippen molar-refractivity contribution in [2.24, 2.45) is 0 Å². The number of halogens is 1. The van der Waals surface area contributed by atoms with Crippen LogP contribution in [0, 0.1) is 5.82 Å². The molecule has 1 aliphatic heterocycles. The van der Waals surface area contributed by atoms with Gasteiger partial charge in [-0.3, -0.25) is 0 Å². The summed E-state index contributed by atoms with van der Waals surface area (Å²) in [5.41, 5.74) is 0.938. The molecule has 1 N–H and O–H groups in total. The van der Waals surface area contributed by atoms with E-state index in [4.69, 9.17) is 4.74 Å². The molecule has 24 heavy (non-hydrogen) atoms. The molecule has 5 nitrogen and oxygen atoms in total. The van der Waals surface area contributed by atoms with Crippen LogP contribution >= 0.6 is 11.3 Å². The minimum atomic E-state index is -3.42. The highest BCUT2D eigenvalue weighted by molar-refractivity contribution is 7.90. The minimum absolute atomic E-state index is 0.0483.